The molecule has 2 saturated heterocycles. The summed E-state index contributed by atoms with van der Waals surface area (Å²) in [7, 11) is 3.97. The number of ether oxygens (including phenoxy) is 3. The van der Waals surface area contributed by atoms with Crippen molar-refractivity contribution in [3.05, 3.63) is 238 Å². The lowest BCUT2D eigenvalue weighted by molar-refractivity contribution is -0.140. The maximum Gasteiger partial charge on any atom is 0.247 e. The second-order valence-electron chi connectivity index (χ2n) is 29.9. The number of hydrogen-bond donors (Lipinski definition) is 8. The van der Waals surface area contributed by atoms with Crippen molar-refractivity contribution in [1.29, 1.82) is 0 Å². The van der Waals surface area contributed by atoms with Gasteiger partial charge in [-0.3, -0.25) is 54.4 Å². The van der Waals surface area contributed by atoms with Crippen LogP contribution in [0.1, 0.15) is 90.7 Å². The molecule has 576 valence electrons. The third-order valence-corrected chi connectivity index (χ3v) is 22.5. The number of carbonyl (C=O) groups excluding carboxylic acids is 6. The van der Waals surface area contributed by atoms with Gasteiger partial charge in [-0.25, -0.2) is 30.2 Å². The molecule has 3 aliphatic carbocycles. The van der Waals surface area contributed by atoms with Gasteiger partial charge >= 0.3 is 0 Å². The van der Waals surface area contributed by atoms with Gasteiger partial charge in [0.15, 0.2) is 23.1 Å². The number of halogens is 2. The number of hydroxylamine groups is 3. The molecule has 0 radical (unpaired) electrons. The highest BCUT2D eigenvalue weighted by Gasteiger charge is 2.66. The maximum absolute atomic E-state index is 15.2. The first-order chi connectivity index (χ1) is 53.6. The number of nitrogens with two attached hydrogens (primary N) is 2. The zero-order chi connectivity index (χ0) is 78.3. The fraction of sp³-hybridized carbons (Fsp3) is 0.337. The molecule has 3 saturated carbocycles. The van der Waals surface area contributed by atoms with Crippen LogP contribution in [0.25, 0.3) is 44.0 Å². The number of pyridine rings is 3. The lowest BCUT2D eigenvalue weighted by atomic mass is 9.91. The highest BCUT2D eigenvalue weighted by molar-refractivity contribution is 5.98. The van der Waals surface area contributed by atoms with Crippen molar-refractivity contribution in [3.8, 4) is 28.5 Å². The van der Waals surface area contributed by atoms with Crippen molar-refractivity contribution >= 4 is 68.2 Å². The third kappa shape index (κ3) is 17.0. The molecule has 0 unspecified atom stereocenters. The summed E-state index contributed by atoms with van der Waals surface area (Å²) in [4.78, 5) is 95.0. The molecule has 23 nitrogen and oxygen atoms in total. The number of nitrogens with one attached hydrogen (secondary N) is 3. The van der Waals surface area contributed by atoms with E-state index in [-0.39, 0.29) is 67.9 Å². The molecular weight excluding hydrogens is 1420 g/mol. The summed E-state index contributed by atoms with van der Waals surface area (Å²) in [6.45, 7) is 7.09. The number of likely N-dealkylation sites (N-methyl/N-ethyl adjacent to an activating group) is 1. The van der Waals surface area contributed by atoms with Gasteiger partial charge in [0.05, 0.1) is 56.2 Å². The molecule has 5 fully saturated rings. The molecule has 6 amide bonds. The van der Waals surface area contributed by atoms with E-state index in [1.54, 1.807) is 44.4 Å². The summed E-state index contributed by atoms with van der Waals surface area (Å²) in [5.41, 5.74) is 24.9. The quantitative estimate of drug-likeness (QED) is 0.0195. The van der Waals surface area contributed by atoms with Crippen LogP contribution >= 0.6 is 0 Å². The molecular formula is C86H91F2N11O12. The Hall–Kier alpha value is -11.4. The number of para-hydroxylation sites is 3. The Morgan fingerprint density at radius 2 is 0.919 bits per heavy atom. The fourth-order valence-electron chi connectivity index (χ4n) is 15.9. The molecule has 111 heavy (non-hydrogen) atoms. The Morgan fingerprint density at radius 1 is 0.505 bits per heavy atom. The number of aryl methyl sites for hydroxylation is 2. The highest BCUT2D eigenvalue weighted by Crippen LogP contribution is 2.58. The minimum atomic E-state index is -1.12. The van der Waals surface area contributed by atoms with Gasteiger partial charge in [0.1, 0.15) is 25.6 Å². The van der Waals surface area contributed by atoms with Gasteiger partial charge in [0.2, 0.25) is 35.4 Å². The summed E-state index contributed by atoms with van der Waals surface area (Å²) in [5, 5.41) is 30.2. The van der Waals surface area contributed by atoms with E-state index in [2.05, 4.69) is 27.0 Å². The Labute approximate surface area is 641 Å². The number of likely N-dealkylation sites (tertiary alicyclic amines) is 2. The first-order valence-electron chi connectivity index (χ1n) is 37.5. The summed E-state index contributed by atoms with van der Waals surface area (Å²) in [5.74, 6) is -4.71. The van der Waals surface area contributed by atoms with Crippen molar-refractivity contribution in [2.75, 3.05) is 40.3 Å². The van der Waals surface area contributed by atoms with Gasteiger partial charge in [-0.05, 0) is 168 Å². The molecule has 2 aliphatic heterocycles. The van der Waals surface area contributed by atoms with Crippen LogP contribution in [0, 0.1) is 45.6 Å². The van der Waals surface area contributed by atoms with E-state index in [0.717, 1.165) is 103 Å². The molecule has 10 N–H and O–H groups in total. The van der Waals surface area contributed by atoms with Crippen LogP contribution in [0.5, 0.6) is 17.2 Å². The monoisotopic (exact) mass is 1510 g/mol. The lowest BCUT2D eigenvalue weighted by Crippen LogP contribution is -2.41. The Morgan fingerprint density at radius 3 is 1.37 bits per heavy atom. The second kappa shape index (κ2) is 33.5. The standard InChI is InChI=1S/C32H32N4O4.C30H35FN4O4.C24H24FN3O4/c33-24-14-15-36(19-24)31(38)32(18-27(32)30(37)35-39)17-21-10-12-25(13-11-21)40-20-23-16-29(22-6-2-1-3-7-22)34-28-9-5-4-8-26(23)28;1-4-21-14-20(23-7-5-6-8-26(23)32-21)18-39-27-10-9-19(13-25(27)31)15-30(16-24(30)28(36)33-38)29(37)35-12-11-22(17-35)34(2)3;1-2-16-10-15(17-5-3-4-6-20(17)27-16)13-32-21-8-7-14(9-19(21)25)11-24(23(26)30)12-18(24)22(29)28-31/h1-13,16,24,27,39H,14-15,17-20,33H2,(H,35,37);5-10,13-14,22,24,38H,4,11-12,15-18H2,1-3H3,(H,33,36);3-10,18,31H,2,11-13H2,1H3,(H2,26,30)(H,28,29)/t24-,27-,32+;22-,24+,30-;18-,24+/m101/s1. The van der Waals surface area contributed by atoms with Crippen molar-refractivity contribution in [2.24, 2.45) is 45.5 Å². The van der Waals surface area contributed by atoms with Gasteiger partial charge in [-0.1, -0.05) is 123 Å². The largest absolute Gasteiger partial charge is 0.489 e. The summed E-state index contributed by atoms with van der Waals surface area (Å²) in [6, 6.07) is 56.7. The number of rotatable bonds is 25. The number of aromatic nitrogens is 3. The minimum absolute atomic E-state index is 0.0393. The number of nitrogens with zero attached hydrogens (tertiary/aromatic N) is 6. The molecule has 3 aromatic heterocycles. The molecule has 8 atom stereocenters. The second-order valence-corrected chi connectivity index (χ2v) is 29.9. The molecule has 7 aromatic carbocycles. The number of amides is 6. The molecule has 10 aromatic rings. The third-order valence-electron chi connectivity index (χ3n) is 22.5. The first kappa shape index (κ1) is 77.8. The smallest absolute Gasteiger partial charge is 0.247 e. The molecule has 5 heterocycles. The summed E-state index contributed by atoms with van der Waals surface area (Å²) in [6.07, 6.45) is 4.82. The molecule has 0 bridgehead atoms. The molecule has 5 aliphatic rings. The summed E-state index contributed by atoms with van der Waals surface area (Å²) >= 11 is 0. The van der Waals surface area contributed by atoms with E-state index < -0.39 is 69.3 Å². The van der Waals surface area contributed by atoms with Gasteiger partial charge in [-0.15, -0.1) is 0 Å². The Bertz CT molecular complexity index is 5140. The number of fused-ring (bicyclic) bond motifs is 3. The molecule has 25 heteroatoms. The van der Waals surface area contributed by atoms with E-state index in [1.807, 2.05) is 161 Å². The minimum Gasteiger partial charge on any atom is -0.489 e. The van der Waals surface area contributed by atoms with Crippen LogP contribution in [0.15, 0.2) is 182 Å². The zero-order valence-electron chi connectivity index (χ0n) is 62.3. The van der Waals surface area contributed by atoms with E-state index in [0.29, 0.717) is 68.9 Å². The highest BCUT2D eigenvalue weighted by atomic mass is 19.1. The van der Waals surface area contributed by atoms with Crippen LogP contribution in [0.2, 0.25) is 0 Å². The summed E-state index contributed by atoms with van der Waals surface area (Å²) < 4.78 is 47.8. The van der Waals surface area contributed by atoms with Gasteiger partial charge in [-0.2, -0.15) is 0 Å². The van der Waals surface area contributed by atoms with E-state index in [9.17, 15) is 43.6 Å². The van der Waals surface area contributed by atoms with E-state index in [4.69, 9.17) is 35.9 Å². The van der Waals surface area contributed by atoms with Crippen LogP contribution in [0.3, 0.4) is 0 Å². The SMILES string of the molecule is CCc1cc(COc2ccc(C[C@]3(C(=O)N4CC[C@H](N(C)C)C4)C[C@@H]3C(=O)NO)cc2F)c2ccccc2n1.CCc1cc(COc2ccc(C[C@]3(C(N)=O)C[C@@H]3C(=O)NO)cc2F)c2ccccc2n1.N[C@@H]1CCN(C(=O)[C@@]2(Cc3ccc(OCc4cc(-c5ccccc5)nc5ccccc45)cc3)C[C@@H]2C(=O)NO)C1. The van der Waals surface area contributed by atoms with Gasteiger partial charge < -0.3 is 40.4 Å². The van der Waals surface area contributed by atoms with Crippen molar-refractivity contribution in [2.45, 2.75) is 110 Å². The van der Waals surface area contributed by atoms with Gasteiger partial charge in [0, 0.05) is 88.1 Å². The predicted octanol–water partition coefficient (Wildman–Crippen LogP) is 10.9. The van der Waals surface area contributed by atoms with Crippen molar-refractivity contribution in [1.82, 2.24) is 46.1 Å². The number of primary amides is 1. The average molecular weight is 1510 g/mol. The number of carbonyl (C=O) groups is 6. The average Bonchev–Trinajstić information content (AvgIpc) is 1.57. The maximum atomic E-state index is 15.2. The molecule has 0 spiro atoms. The predicted molar refractivity (Wildman–Crippen MR) is 411 cm³/mol. The Balaban J connectivity index is 0.000000147. The normalized spacial score (nSPS) is 21.3. The van der Waals surface area contributed by atoms with Crippen LogP contribution in [-0.4, -0.2) is 133 Å². The topological polar surface area (TPSA) is 327 Å². The number of benzene rings is 7. The molecule has 15 rings (SSSR count). The van der Waals surface area contributed by atoms with Gasteiger partial charge in [0.25, 0.3) is 0 Å². The first-order valence-corrected chi connectivity index (χ1v) is 37.5. The fourth-order valence-corrected chi connectivity index (χ4v) is 15.9. The van der Waals surface area contributed by atoms with Crippen molar-refractivity contribution in [3.63, 3.8) is 0 Å². The van der Waals surface area contributed by atoms with Crippen LogP contribution in [-0.2, 0) is 80.7 Å². The Kier molecular flexibility index (Phi) is 23.5. The zero-order valence-corrected chi connectivity index (χ0v) is 62.3. The van der Waals surface area contributed by atoms with E-state index in [1.165, 1.54) is 18.2 Å². The van der Waals surface area contributed by atoms with Crippen LogP contribution < -0.4 is 42.1 Å². The van der Waals surface area contributed by atoms with Crippen LogP contribution in [0.4, 0.5) is 8.78 Å². The van der Waals surface area contributed by atoms with E-state index >= 15 is 4.39 Å². The van der Waals surface area contributed by atoms with Crippen molar-refractivity contribution < 1.29 is 67.4 Å². The lowest BCUT2D eigenvalue weighted by Gasteiger charge is -2.25. The number of hydrogen-bond acceptors (Lipinski definition) is 17.